The number of carbonyl (C=O) groups excluding carboxylic acids is 1. The van der Waals surface area contributed by atoms with Crippen molar-refractivity contribution in [3.63, 3.8) is 0 Å². The molecule has 0 radical (unpaired) electrons. The molecule has 0 spiro atoms. The summed E-state index contributed by atoms with van der Waals surface area (Å²) in [6.07, 6.45) is 2.23. The van der Waals surface area contributed by atoms with E-state index in [1.807, 2.05) is 29.2 Å². The van der Waals surface area contributed by atoms with E-state index in [1.165, 1.54) is 11.1 Å². The van der Waals surface area contributed by atoms with Crippen LogP contribution in [0.15, 0.2) is 48.5 Å². The van der Waals surface area contributed by atoms with E-state index in [1.54, 1.807) is 0 Å². The molecule has 1 saturated heterocycles. The molecule has 144 valence electrons. The summed E-state index contributed by atoms with van der Waals surface area (Å²) in [6, 6.07) is 16.3. The van der Waals surface area contributed by atoms with Crippen LogP contribution >= 0.6 is 11.6 Å². The van der Waals surface area contributed by atoms with Gasteiger partial charge >= 0.3 is 0 Å². The molecule has 2 atom stereocenters. The molecular formula is C23H28ClNO2. The smallest absolute Gasteiger partial charge is 0.254 e. The number of carbonyl (C=O) groups is 1. The van der Waals surface area contributed by atoms with Gasteiger partial charge in [0.05, 0.1) is 13.2 Å². The second-order valence-corrected chi connectivity index (χ2v) is 7.89. The van der Waals surface area contributed by atoms with Crippen molar-refractivity contribution in [2.45, 2.75) is 38.5 Å². The summed E-state index contributed by atoms with van der Waals surface area (Å²) in [4.78, 5) is 14.4. The third-order valence-electron chi connectivity index (χ3n) is 5.50. The predicted molar refractivity (Wildman–Crippen MR) is 111 cm³/mol. The summed E-state index contributed by atoms with van der Waals surface area (Å²) < 4.78 is 5.32. The summed E-state index contributed by atoms with van der Waals surface area (Å²) in [5.74, 6) is 1.08. The van der Waals surface area contributed by atoms with Crippen LogP contribution in [-0.4, -0.2) is 37.1 Å². The molecule has 1 aliphatic rings. The Morgan fingerprint density at radius 1 is 0.926 bits per heavy atom. The van der Waals surface area contributed by atoms with E-state index in [0.717, 1.165) is 23.4 Å². The van der Waals surface area contributed by atoms with Crippen LogP contribution in [0, 0.1) is 0 Å². The van der Waals surface area contributed by atoms with Gasteiger partial charge in [0, 0.05) is 23.7 Å². The first kappa shape index (κ1) is 19.9. The van der Waals surface area contributed by atoms with Crippen molar-refractivity contribution in [2.24, 2.45) is 0 Å². The van der Waals surface area contributed by atoms with Gasteiger partial charge in [-0.3, -0.25) is 4.79 Å². The van der Waals surface area contributed by atoms with Crippen molar-refractivity contribution in [3.8, 4) is 0 Å². The summed E-state index contributed by atoms with van der Waals surface area (Å²) in [6.45, 7) is 7.14. The molecule has 1 aliphatic heterocycles. The van der Waals surface area contributed by atoms with Crippen LogP contribution in [0.25, 0.3) is 0 Å². The van der Waals surface area contributed by atoms with Gasteiger partial charge in [0.15, 0.2) is 0 Å². The van der Waals surface area contributed by atoms with Crippen molar-refractivity contribution in [1.82, 2.24) is 4.90 Å². The molecule has 1 amide bonds. The van der Waals surface area contributed by atoms with E-state index in [2.05, 4.69) is 38.1 Å². The van der Waals surface area contributed by atoms with Gasteiger partial charge in [-0.25, -0.2) is 0 Å². The van der Waals surface area contributed by atoms with Gasteiger partial charge in [-0.15, -0.1) is 0 Å². The van der Waals surface area contributed by atoms with Crippen molar-refractivity contribution in [2.75, 3.05) is 26.3 Å². The minimum atomic E-state index is 0.105. The fourth-order valence-electron chi connectivity index (χ4n) is 3.53. The lowest BCUT2D eigenvalue weighted by Gasteiger charge is -2.27. The Kier molecular flexibility index (Phi) is 6.92. The molecule has 0 aliphatic carbocycles. The van der Waals surface area contributed by atoms with Crippen molar-refractivity contribution in [1.29, 1.82) is 0 Å². The Labute approximate surface area is 167 Å². The summed E-state index contributed by atoms with van der Waals surface area (Å²) in [5, 5.41) is 0.783. The molecule has 0 bridgehead atoms. The van der Waals surface area contributed by atoms with Crippen LogP contribution < -0.4 is 0 Å². The van der Waals surface area contributed by atoms with Crippen LogP contribution in [0.4, 0.5) is 0 Å². The first-order valence-corrected chi connectivity index (χ1v) is 10.1. The molecule has 1 heterocycles. The number of nitrogens with zero attached hydrogens (tertiary/aromatic N) is 1. The monoisotopic (exact) mass is 385 g/mol. The van der Waals surface area contributed by atoms with Crippen LogP contribution in [0.3, 0.4) is 0 Å². The maximum absolute atomic E-state index is 12.5. The Hall–Kier alpha value is -1.84. The first-order valence-electron chi connectivity index (χ1n) is 9.77. The summed E-state index contributed by atoms with van der Waals surface area (Å²) in [7, 11) is 0. The van der Waals surface area contributed by atoms with Gasteiger partial charge in [0.25, 0.3) is 5.91 Å². The number of morpholine rings is 1. The normalized spacial score (nSPS) is 16.8. The quantitative estimate of drug-likeness (QED) is 0.657. The van der Waals surface area contributed by atoms with E-state index in [4.69, 9.17) is 16.3 Å². The number of hydrogen-bond donors (Lipinski definition) is 0. The van der Waals surface area contributed by atoms with Gasteiger partial charge in [-0.05, 0) is 60.1 Å². The highest BCUT2D eigenvalue weighted by Crippen LogP contribution is 2.28. The average Bonchev–Trinajstić information content (AvgIpc) is 2.72. The Bertz CT molecular complexity index is 736. The Morgan fingerprint density at radius 2 is 1.41 bits per heavy atom. The molecule has 0 saturated carbocycles. The lowest BCUT2D eigenvalue weighted by molar-refractivity contribution is 0.0303. The largest absolute Gasteiger partial charge is 0.378 e. The van der Waals surface area contributed by atoms with E-state index in [-0.39, 0.29) is 5.91 Å². The predicted octanol–water partition coefficient (Wildman–Crippen LogP) is 5.50. The molecule has 27 heavy (non-hydrogen) atoms. The van der Waals surface area contributed by atoms with E-state index >= 15 is 0 Å². The highest BCUT2D eigenvalue weighted by molar-refractivity contribution is 6.30. The van der Waals surface area contributed by atoms with E-state index in [0.29, 0.717) is 38.1 Å². The number of hydrogen-bond acceptors (Lipinski definition) is 2. The van der Waals surface area contributed by atoms with Crippen molar-refractivity contribution >= 4 is 17.5 Å². The lowest BCUT2D eigenvalue weighted by Crippen LogP contribution is -2.40. The zero-order chi connectivity index (χ0) is 19.2. The standard InChI is InChI=1S/C23H28ClNO2/c1-17(3-4-18(2)20-9-11-22(24)12-10-20)19-5-7-21(8-6-19)23(26)25-13-15-27-16-14-25/h5-12,17-18H,3-4,13-16H2,1-2H3. The average molecular weight is 386 g/mol. The zero-order valence-electron chi connectivity index (χ0n) is 16.2. The van der Waals surface area contributed by atoms with E-state index < -0.39 is 0 Å². The second-order valence-electron chi connectivity index (χ2n) is 7.46. The zero-order valence-corrected chi connectivity index (χ0v) is 16.9. The number of halogens is 1. The third-order valence-corrected chi connectivity index (χ3v) is 5.75. The minimum Gasteiger partial charge on any atom is -0.378 e. The molecule has 3 nitrogen and oxygen atoms in total. The molecule has 2 aromatic carbocycles. The van der Waals surface area contributed by atoms with Gasteiger partial charge in [0.2, 0.25) is 0 Å². The highest BCUT2D eigenvalue weighted by atomic mass is 35.5. The molecule has 4 heteroatoms. The first-order chi connectivity index (χ1) is 13.0. The SMILES string of the molecule is CC(CCC(C)c1ccc(C(=O)N2CCOCC2)cc1)c1ccc(Cl)cc1. The number of benzene rings is 2. The molecule has 2 unspecified atom stereocenters. The molecule has 0 N–H and O–H groups in total. The maximum Gasteiger partial charge on any atom is 0.254 e. The summed E-state index contributed by atoms with van der Waals surface area (Å²) >= 11 is 5.98. The highest BCUT2D eigenvalue weighted by Gasteiger charge is 2.18. The minimum absolute atomic E-state index is 0.105. The van der Waals surface area contributed by atoms with Crippen LogP contribution in [0.2, 0.25) is 5.02 Å². The lowest BCUT2D eigenvalue weighted by atomic mass is 9.89. The molecule has 3 rings (SSSR count). The van der Waals surface area contributed by atoms with E-state index in [9.17, 15) is 4.79 Å². The third kappa shape index (κ3) is 5.33. The Morgan fingerprint density at radius 3 is 1.93 bits per heavy atom. The van der Waals surface area contributed by atoms with Gasteiger partial charge in [0.1, 0.15) is 0 Å². The van der Waals surface area contributed by atoms with Gasteiger partial charge < -0.3 is 9.64 Å². The molecule has 2 aromatic rings. The molecule has 1 fully saturated rings. The molecular weight excluding hydrogens is 358 g/mol. The van der Waals surface area contributed by atoms with Crippen molar-refractivity contribution in [3.05, 3.63) is 70.2 Å². The molecule has 0 aromatic heterocycles. The van der Waals surface area contributed by atoms with Crippen molar-refractivity contribution < 1.29 is 9.53 Å². The Balaban J connectivity index is 1.54. The van der Waals surface area contributed by atoms with Crippen LogP contribution in [0.5, 0.6) is 0 Å². The fourth-order valence-corrected chi connectivity index (χ4v) is 3.65. The number of amides is 1. The fraction of sp³-hybridized carbons (Fsp3) is 0.435. The number of rotatable bonds is 6. The van der Waals surface area contributed by atoms with Crippen LogP contribution in [-0.2, 0) is 4.74 Å². The van der Waals surface area contributed by atoms with Gasteiger partial charge in [-0.1, -0.05) is 49.7 Å². The number of ether oxygens (including phenoxy) is 1. The topological polar surface area (TPSA) is 29.5 Å². The maximum atomic E-state index is 12.5. The summed E-state index contributed by atoms with van der Waals surface area (Å²) in [5.41, 5.74) is 3.39. The van der Waals surface area contributed by atoms with Gasteiger partial charge in [-0.2, -0.15) is 0 Å². The van der Waals surface area contributed by atoms with Crippen LogP contribution in [0.1, 0.15) is 60.0 Å². The second kappa shape index (κ2) is 9.38.